The molecule has 0 spiro atoms. The molecule has 3 rings (SSSR count). The van der Waals surface area contributed by atoms with E-state index in [1.165, 1.54) is 0 Å². The van der Waals surface area contributed by atoms with Crippen LogP contribution in [0.25, 0.3) is 5.65 Å². The third kappa shape index (κ3) is 2.88. The molecule has 0 fully saturated rings. The van der Waals surface area contributed by atoms with Gasteiger partial charge < -0.3 is 0 Å². The fraction of sp³-hybridized carbons (Fsp3) is 0.0714. The van der Waals surface area contributed by atoms with Gasteiger partial charge in [-0.15, -0.1) is 10.2 Å². The lowest BCUT2D eigenvalue weighted by Gasteiger charge is -1.98. The molecule has 0 bridgehead atoms. The number of hydrogen-bond donors (Lipinski definition) is 0. The molecule has 0 N–H and O–H groups in total. The molecule has 0 aliphatic carbocycles. The molecule has 106 valence electrons. The molecular weight excluding hydrogens is 331 g/mol. The van der Waals surface area contributed by atoms with Crippen LogP contribution in [0.1, 0.15) is 5.69 Å². The Morgan fingerprint density at radius 1 is 1.00 bits per heavy atom. The summed E-state index contributed by atoms with van der Waals surface area (Å²) in [4.78, 5) is 4.40. The molecule has 2 aromatic heterocycles. The zero-order chi connectivity index (χ0) is 15.0. The van der Waals surface area contributed by atoms with Crippen molar-refractivity contribution < 1.29 is 0 Å². The van der Waals surface area contributed by atoms with Gasteiger partial charge in [0.15, 0.2) is 5.82 Å². The maximum atomic E-state index is 6.00. The minimum absolute atomic E-state index is 0.436. The van der Waals surface area contributed by atoms with E-state index in [4.69, 9.17) is 34.8 Å². The van der Waals surface area contributed by atoms with Crippen molar-refractivity contribution >= 4 is 52.0 Å². The average molecular weight is 340 g/mol. The fourth-order valence-electron chi connectivity index (χ4n) is 1.90. The number of rotatable bonds is 2. The van der Waals surface area contributed by atoms with Gasteiger partial charge in [-0.2, -0.15) is 0 Å². The van der Waals surface area contributed by atoms with Crippen LogP contribution in [0, 0.1) is 6.92 Å². The van der Waals surface area contributed by atoms with Crippen molar-refractivity contribution in [3.63, 3.8) is 0 Å². The first-order valence-electron chi connectivity index (χ1n) is 6.05. The highest BCUT2D eigenvalue weighted by atomic mass is 35.5. The van der Waals surface area contributed by atoms with Crippen LogP contribution in [-0.4, -0.2) is 9.38 Å². The quantitative estimate of drug-likeness (QED) is 0.526. The monoisotopic (exact) mass is 338 g/mol. The molecule has 7 heteroatoms. The number of benzene rings is 1. The van der Waals surface area contributed by atoms with Gasteiger partial charge in [-0.3, -0.25) is 4.40 Å². The number of hydrogen-bond acceptors (Lipinski definition) is 3. The SMILES string of the molecule is Cc1nc2ccc(Cl)cn2c1N=Nc1ccc(Cl)c(Cl)c1. The van der Waals surface area contributed by atoms with Crippen molar-refractivity contribution in [1.29, 1.82) is 0 Å². The first-order valence-corrected chi connectivity index (χ1v) is 7.19. The van der Waals surface area contributed by atoms with Crippen molar-refractivity contribution in [2.45, 2.75) is 6.92 Å². The zero-order valence-corrected chi connectivity index (χ0v) is 13.2. The summed E-state index contributed by atoms with van der Waals surface area (Å²) in [5.74, 6) is 0.624. The van der Waals surface area contributed by atoms with E-state index in [0.717, 1.165) is 11.3 Å². The summed E-state index contributed by atoms with van der Waals surface area (Å²) in [5, 5.41) is 9.93. The Labute approximate surface area is 136 Å². The summed E-state index contributed by atoms with van der Waals surface area (Å²) < 4.78 is 1.79. The Balaban J connectivity index is 2.04. The molecule has 21 heavy (non-hydrogen) atoms. The van der Waals surface area contributed by atoms with E-state index < -0.39 is 0 Å². The molecule has 0 atom stereocenters. The summed E-state index contributed by atoms with van der Waals surface area (Å²) >= 11 is 17.8. The van der Waals surface area contributed by atoms with Crippen LogP contribution in [0.3, 0.4) is 0 Å². The topological polar surface area (TPSA) is 42.0 Å². The number of fused-ring (bicyclic) bond motifs is 1. The molecule has 1 aromatic carbocycles. The lowest BCUT2D eigenvalue weighted by molar-refractivity contribution is 1.09. The van der Waals surface area contributed by atoms with E-state index in [2.05, 4.69) is 15.2 Å². The second-order valence-corrected chi connectivity index (χ2v) is 5.65. The third-order valence-electron chi connectivity index (χ3n) is 2.89. The van der Waals surface area contributed by atoms with Gasteiger partial charge in [-0.1, -0.05) is 34.8 Å². The number of halogens is 3. The average Bonchev–Trinajstić information content (AvgIpc) is 2.75. The Morgan fingerprint density at radius 2 is 1.81 bits per heavy atom. The van der Waals surface area contributed by atoms with E-state index in [0.29, 0.717) is 26.6 Å². The molecular formula is C14H9Cl3N4. The van der Waals surface area contributed by atoms with Gasteiger partial charge in [0.25, 0.3) is 0 Å². The molecule has 0 unspecified atom stereocenters. The highest BCUT2D eigenvalue weighted by molar-refractivity contribution is 6.42. The maximum Gasteiger partial charge on any atom is 0.182 e. The first-order chi connectivity index (χ1) is 10.0. The molecule has 0 aliphatic rings. The van der Waals surface area contributed by atoms with Crippen LogP contribution in [0.5, 0.6) is 0 Å². The molecule has 4 nitrogen and oxygen atoms in total. The summed E-state index contributed by atoms with van der Waals surface area (Å²) in [6.07, 6.45) is 1.75. The minimum atomic E-state index is 0.436. The van der Waals surface area contributed by atoms with Crippen LogP contribution in [0.2, 0.25) is 15.1 Å². The first kappa shape index (κ1) is 14.3. The van der Waals surface area contributed by atoms with E-state index in [1.54, 1.807) is 34.9 Å². The smallest absolute Gasteiger partial charge is 0.182 e. The molecule has 2 heterocycles. The fourth-order valence-corrected chi connectivity index (χ4v) is 2.35. The van der Waals surface area contributed by atoms with E-state index in [-0.39, 0.29) is 0 Å². The lowest BCUT2D eigenvalue weighted by Crippen LogP contribution is -1.82. The number of imidazole rings is 1. The Morgan fingerprint density at radius 3 is 2.57 bits per heavy atom. The van der Waals surface area contributed by atoms with Crippen molar-refractivity contribution in [2.24, 2.45) is 10.2 Å². The van der Waals surface area contributed by atoms with E-state index >= 15 is 0 Å². The second-order valence-electron chi connectivity index (χ2n) is 4.39. The molecule has 0 saturated carbocycles. The molecule has 0 radical (unpaired) electrons. The Kier molecular flexibility index (Phi) is 3.85. The summed E-state index contributed by atoms with van der Waals surface area (Å²) in [6, 6.07) is 8.68. The predicted molar refractivity (Wildman–Crippen MR) is 85.6 cm³/mol. The second kappa shape index (κ2) is 5.64. The molecule has 0 amide bonds. The van der Waals surface area contributed by atoms with Crippen LogP contribution in [0.15, 0.2) is 46.8 Å². The predicted octanol–water partition coefficient (Wildman–Crippen LogP) is 6.02. The van der Waals surface area contributed by atoms with Crippen LogP contribution < -0.4 is 0 Å². The van der Waals surface area contributed by atoms with Gasteiger partial charge in [0.2, 0.25) is 0 Å². The number of azo groups is 1. The largest absolute Gasteiger partial charge is 0.281 e. The normalized spacial score (nSPS) is 11.6. The van der Waals surface area contributed by atoms with Gasteiger partial charge in [-0.25, -0.2) is 4.98 Å². The maximum absolute atomic E-state index is 6.00. The van der Waals surface area contributed by atoms with Crippen molar-refractivity contribution in [1.82, 2.24) is 9.38 Å². The van der Waals surface area contributed by atoms with E-state index in [1.807, 2.05) is 13.0 Å². The minimum Gasteiger partial charge on any atom is -0.281 e. The lowest BCUT2D eigenvalue weighted by atomic mass is 10.3. The summed E-state index contributed by atoms with van der Waals surface area (Å²) in [6.45, 7) is 1.87. The van der Waals surface area contributed by atoms with Gasteiger partial charge in [0.1, 0.15) is 5.65 Å². The highest BCUT2D eigenvalue weighted by Gasteiger charge is 2.08. The number of nitrogens with zero attached hydrogens (tertiary/aromatic N) is 4. The standard InChI is InChI=1S/C14H9Cl3N4/c1-8-14(21-7-9(15)2-5-13(21)18-8)20-19-10-3-4-11(16)12(17)6-10/h2-7H,1H3. The summed E-state index contributed by atoms with van der Waals surface area (Å²) in [5.41, 5.74) is 2.14. The number of pyridine rings is 1. The van der Waals surface area contributed by atoms with Gasteiger partial charge in [0, 0.05) is 6.20 Å². The zero-order valence-electron chi connectivity index (χ0n) is 10.9. The molecule has 0 saturated heterocycles. The van der Waals surface area contributed by atoms with Crippen LogP contribution in [0.4, 0.5) is 11.5 Å². The Hall–Kier alpha value is -1.62. The number of aromatic nitrogens is 2. The number of aryl methyl sites for hydroxylation is 1. The Bertz CT molecular complexity index is 855. The van der Waals surface area contributed by atoms with Crippen LogP contribution in [-0.2, 0) is 0 Å². The van der Waals surface area contributed by atoms with Crippen molar-refractivity contribution in [3.05, 3.63) is 57.3 Å². The molecule has 0 aliphatic heterocycles. The van der Waals surface area contributed by atoms with Gasteiger partial charge in [-0.05, 0) is 37.3 Å². The van der Waals surface area contributed by atoms with Crippen LogP contribution >= 0.6 is 34.8 Å². The van der Waals surface area contributed by atoms with Crippen molar-refractivity contribution in [2.75, 3.05) is 0 Å². The third-order valence-corrected chi connectivity index (χ3v) is 3.85. The molecule has 3 aromatic rings. The van der Waals surface area contributed by atoms with Gasteiger partial charge in [0.05, 0.1) is 26.4 Å². The van der Waals surface area contributed by atoms with Crippen molar-refractivity contribution in [3.8, 4) is 0 Å². The van der Waals surface area contributed by atoms with E-state index in [9.17, 15) is 0 Å². The van der Waals surface area contributed by atoms with Gasteiger partial charge >= 0.3 is 0 Å². The summed E-state index contributed by atoms with van der Waals surface area (Å²) in [7, 11) is 0. The highest BCUT2D eigenvalue weighted by Crippen LogP contribution is 2.29.